The molecular formula is C74H50. The third-order valence-corrected chi connectivity index (χ3v) is 16.3. The highest BCUT2D eigenvalue weighted by molar-refractivity contribution is 6.24. The maximum absolute atomic E-state index is 2.44. The maximum Gasteiger partial charge on any atom is 0.00742 e. The third-order valence-electron chi connectivity index (χ3n) is 16.3. The molecule has 0 saturated heterocycles. The molecule has 16 rings (SSSR count). The second-order valence-corrected chi connectivity index (χ2v) is 20.9. The van der Waals surface area contributed by atoms with E-state index in [-0.39, 0.29) is 0 Å². The lowest BCUT2D eigenvalue weighted by molar-refractivity contribution is 0.874. The van der Waals surface area contributed by atoms with Crippen molar-refractivity contribution in [3.8, 4) is 33.4 Å². The number of benzene rings is 14. The van der Waals surface area contributed by atoms with E-state index in [2.05, 4.69) is 263 Å². The Labute approximate surface area is 431 Å². The van der Waals surface area contributed by atoms with E-state index in [4.69, 9.17) is 0 Å². The molecule has 0 saturated carbocycles. The van der Waals surface area contributed by atoms with Gasteiger partial charge in [-0.05, 0) is 215 Å². The van der Waals surface area contributed by atoms with Crippen LogP contribution in [-0.4, -0.2) is 0 Å². The monoisotopic (exact) mass is 938 g/mol. The summed E-state index contributed by atoms with van der Waals surface area (Å²) in [6.45, 7) is 4.44. The summed E-state index contributed by atoms with van der Waals surface area (Å²) in [4.78, 5) is 0. The van der Waals surface area contributed by atoms with Crippen LogP contribution in [0.5, 0.6) is 0 Å². The topological polar surface area (TPSA) is 0 Å². The van der Waals surface area contributed by atoms with Crippen molar-refractivity contribution < 1.29 is 0 Å². The maximum atomic E-state index is 2.44. The van der Waals surface area contributed by atoms with Gasteiger partial charge in [-0.3, -0.25) is 0 Å². The fraction of sp³-hybridized carbons (Fsp3) is 0.0541. The van der Waals surface area contributed by atoms with Gasteiger partial charge >= 0.3 is 0 Å². The van der Waals surface area contributed by atoms with Crippen LogP contribution in [0.25, 0.3) is 137 Å². The molecule has 0 fully saturated rings. The third kappa shape index (κ3) is 6.90. The minimum absolute atomic E-state index is 0.431. The first-order valence-corrected chi connectivity index (χ1v) is 26.1. The van der Waals surface area contributed by atoms with Gasteiger partial charge in [0.25, 0.3) is 0 Å². The van der Waals surface area contributed by atoms with Crippen LogP contribution in [0.1, 0.15) is 45.7 Å². The summed E-state index contributed by atoms with van der Waals surface area (Å²) in [5.41, 5.74) is 17.3. The van der Waals surface area contributed by atoms with Gasteiger partial charge in [-0.25, -0.2) is 0 Å². The summed E-state index contributed by atoms with van der Waals surface area (Å²) < 4.78 is 0. The zero-order valence-electron chi connectivity index (χ0n) is 41.5. The summed E-state index contributed by atoms with van der Waals surface area (Å²) in [5, 5.41) is 21.2. The molecule has 0 heteroatoms. The van der Waals surface area contributed by atoms with Crippen molar-refractivity contribution >= 4 is 104 Å². The first-order valence-electron chi connectivity index (χ1n) is 26.1. The van der Waals surface area contributed by atoms with Crippen LogP contribution >= 0.6 is 0 Å². The molecular weight excluding hydrogens is 889 g/mol. The molecule has 0 nitrogen and oxygen atoms in total. The first-order chi connectivity index (χ1) is 36.5. The minimum Gasteiger partial charge on any atom is -0.0760 e. The zero-order chi connectivity index (χ0) is 49.0. The quantitative estimate of drug-likeness (QED) is 0.154. The Morgan fingerprint density at radius 3 is 1.38 bits per heavy atom. The number of allylic oxidation sites excluding steroid dienone is 2. The van der Waals surface area contributed by atoms with E-state index in [1.165, 1.54) is 159 Å². The predicted octanol–water partition coefficient (Wildman–Crippen LogP) is 20.7. The normalized spacial score (nSPS) is 13.9. The molecule has 0 aliphatic heterocycles. The van der Waals surface area contributed by atoms with Gasteiger partial charge in [-0.15, -0.1) is 0 Å². The molecule has 0 spiro atoms. The van der Waals surface area contributed by atoms with E-state index in [9.17, 15) is 0 Å². The average molecular weight is 939 g/mol. The summed E-state index contributed by atoms with van der Waals surface area (Å²) in [7, 11) is 0. The van der Waals surface area contributed by atoms with Gasteiger partial charge in [-0.2, -0.15) is 0 Å². The predicted molar refractivity (Wildman–Crippen MR) is 321 cm³/mol. The molecule has 1 atom stereocenters. The molecule has 0 amide bonds. The van der Waals surface area contributed by atoms with Crippen LogP contribution in [0.4, 0.5) is 0 Å². The molecule has 0 bridgehead atoms. The summed E-state index contributed by atoms with van der Waals surface area (Å²) in [5.74, 6) is 0.431. The molecule has 0 heterocycles. The number of fused-ring (bicyclic) bond motifs is 6. The number of hydrogen-bond donors (Lipinski definition) is 0. The Morgan fingerprint density at radius 2 is 0.757 bits per heavy atom. The van der Waals surface area contributed by atoms with Crippen LogP contribution < -0.4 is 0 Å². The summed E-state index contributed by atoms with van der Waals surface area (Å²) >= 11 is 0. The van der Waals surface area contributed by atoms with Gasteiger partial charge in [0, 0.05) is 5.92 Å². The Kier molecular flexibility index (Phi) is 9.63. The van der Waals surface area contributed by atoms with Crippen molar-refractivity contribution in [1.82, 2.24) is 0 Å². The van der Waals surface area contributed by atoms with Crippen molar-refractivity contribution in [3.63, 3.8) is 0 Å². The van der Waals surface area contributed by atoms with E-state index in [1.54, 1.807) is 0 Å². The van der Waals surface area contributed by atoms with Crippen molar-refractivity contribution in [2.45, 2.75) is 26.2 Å². The van der Waals surface area contributed by atoms with Gasteiger partial charge in [-0.1, -0.05) is 212 Å². The largest absolute Gasteiger partial charge is 0.0760 e. The standard InChI is InChI=1S/C39H26.C35H24/c1-23-16-32(34-18-28-12-8-24-4-2-5-25-9-13-29(19-34)38(28)36(24)25)22-33(17-23)35-20-30-14-10-26-6-3-7-27-11-15-31(21-35)39(30)37(26)27;1-23-18-26(34-21-24-10-2-4-12-28(24)30-14-6-8-16-32(30)34)20-27(19-23)35-22-25-11-3-5-13-29(25)31-15-7-9-17-33(31)35/h2-20,22,31H,21H2,1H3;2-22H,1H3. The molecule has 1 unspecified atom stereocenters. The van der Waals surface area contributed by atoms with Crippen molar-refractivity contribution in [2.75, 3.05) is 0 Å². The Balaban J connectivity index is 0.000000132. The number of hydrogen-bond acceptors (Lipinski definition) is 0. The van der Waals surface area contributed by atoms with E-state index < -0.39 is 0 Å². The molecule has 2 aliphatic carbocycles. The highest BCUT2D eigenvalue weighted by Crippen LogP contribution is 2.47. The van der Waals surface area contributed by atoms with Crippen molar-refractivity contribution in [3.05, 3.63) is 270 Å². The SMILES string of the molecule is Cc1cc(-c2cc3ccccc3c3ccccc23)cc(-c2cc3ccccc3c3ccccc23)c1.Cc1cc(C2=Cc3ccc4cccc5c4c3C(C=C5)C2)cc(-c2cc3ccc4cccc5ccc(c2)c3c45)c1. The van der Waals surface area contributed by atoms with Crippen molar-refractivity contribution in [1.29, 1.82) is 0 Å². The fourth-order valence-corrected chi connectivity index (χ4v) is 13.0. The lowest BCUT2D eigenvalue weighted by Crippen LogP contribution is -2.09. The average Bonchev–Trinajstić information content (AvgIpc) is 3.47. The van der Waals surface area contributed by atoms with Crippen LogP contribution in [0.3, 0.4) is 0 Å². The van der Waals surface area contributed by atoms with E-state index in [1.807, 2.05) is 0 Å². The molecule has 74 heavy (non-hydrogen) atoms. The molecule has 0 N–H and O–H groups in total. The molecule has 14 aromatic rings. The van der Waals surface area contributed by atoms with E-state index in [0.29, 0.717) is 5.92 Å². The summed E-state index contributed by atoms with van der Waals surface area (Å²) in [6.07, 6.45) is 8.24. The van der Waals surface area contributed by atoms with Gasteiger partial charge in [0.2, 0.25) is 0 Å². The Morgan fingerprint density at radius 1 is 0.311 bits per heavy atom. The van der Waals surface area contributed by atoms with E-state index >= 15 is 0 Å². The van der Waals surface area contributed by atoms with Crippen LogP contribution in [0, 0.1) is 13.8 Å². The molecule has 14 aromatic carbocycles. The fourth-order valence-electron chi connectivity index (χ4n) is 13.0. The smallest absolute Gasteiger partial charge is 0.00742 e. The van der Waals surface area contributed by atoms with Crippen LogP contribution in [-0.2, 0) is 0 Å². The zero-order valence-corrected chi connectivity index (χ0v) is 41.5. The number of rotatable bonds is 4. The van der Waals surface area contributed by atoms with Gasteiger partial charge in [0.05, 0.1) is 0 Å². The highest BCUT2D eigenvalue weighted by atomic mass is 14.3. The molecule has 0 aromatic heterocycles. The Bertz CT molecular complexity index is 4510. The highest BCUT2D eigenvalue weighted by Gasteiger charge is 2.26. The second kappa shape index (κ2) is 16.7. The lowest BCUT2D eigenvalue weighted by atomic mass is 9.75. The molecule has 346 valence electrons. The second-order valence-electron chi connectivity index (χ2n) is 20.9. The first kappa shape index (κ1) is 42.6. The minimum atomic E-state index is 0.431. The molecule has 0 radical (unpaired) electrons. The van der Waals surface area contributed by atoms with Gasteiger partial charge in [0.1, 0.15) is 0 Å². The van der Waals surface area contributed by atoms with Gasteiger partial charge in [0.15, 0.2) is 0 Å². The lowest BCUT2D eigenvalue weighted by Gasteiger charge is -2.29. The summed E-state index contributed by atoms with van der Waals surface area (Å²) in [6, 6.07) is 85.6. The Hall–Kier alpha value is -9.10. The van der Waals surface area contributed by atoms with Crippen molar-refractivity contribution in [2.24, 2.45) is 0 Å². The van der Waals surface area contributed by atoms with E-state index in [0.717, 1.165) is 6.42 Å². The molecule has 2 aliphatic rings. The van der Waals surface area contributed by atoms with Crippen LogP contribution in [0.2, 0.25) is 0 Å². The van der Waals surface area contributed by atoms with Crippen LogP contribution in [0.15, 0.2) is 237 Å². The number of aryl methyl sites for hydroxylation is 2. The van der Waals surface area contributed by atoms with Gasteiger partial charge < -0.3 is 0 Å².